The van der Waals surface area contributed by atoms with Gasteiger partial charge in [-0.2, -0.15) is 5.26 Å². The van der Waals surface area contributed by atoms with E-state index in [-0.39, 0.29) is 5.78 Å². The minimum atomic E-state index is -0.484. The van der Waals surface area contributed by atoms with Crippen LogP contribution in [0, 0.1) is 17.2 Å². The van der Waals surface area contributed by atoms with Crippen LogP contribution in [0.2, 0.25) is 0 Å². The Morgan fingerprint density at radius 3 is 2.57 bits per heavy atom. The third-order valence-corrected chi connectivity index (χ3v) is 2.11. The van der Waals surface area contributed by atoms with Gasteiger partial charge < -0.3 is 0 Å². The van der Waals surface area contributed by atoms with Crippen LogP contribution in [0.4, 0.5) is 0 Å². The summed E-state index contributed by atoms with van der Waals surface area (Å²) in [5.74, 6) is -0.544. The van der Waals surface area contributed by atoms with Crippen molar-refractivity contribution >= 4 is 5.78 Å². The lowest BCUT2D eigenvalue weighted by molar-refractivity contribution is 0.0943. The fourth-order valence-electron chi connectivity index (χ4n) is 1.35. The average molecular weight is 187 g/mol. The third kappa shape index (κ3) is 2.43. The number of benzene rings is 1. The van der Waals surface area contributed by atoms with Crippen molar-refractivity contribution in [1.82, 2.24) is 0 Å². The topological polar surface area (TPSA) is 40.9 Å². The molecule has 0 radical (unpaired) electrons. The summed E-state index contributed by atoms with van der Waals surface area (Å²) in [4.78, 5) is 11.7. The highest BCUT2D eigenvalue weighted by atomic mass is 16.1. The largest absolute Gasteiger partial charge is 0.293 e. The maximum Gasteiger partial charge on any atom is 0.179 e. The van der Waals surface area contributed by atoms with Crippen LogP contribution in [0.15, 0.2) is 30.3 Å². The van der Waals surface area contributed by atoms with E-state index in [4.69, 9.17) is 5.26 Å². The number of nitriles is 1. The van der Waals surface area contributed by atoms with Gasteiger partial charge in [0.2, 0.25) is 0 Å². The number of carbonyl (C=O) groups is 1. The van der Waals surface area contributed by atoms with E-state index in [1.54, 1.807) is 12.1 Å². The second kappa shape index (κ2) is 5.18. The normalized spacial score (nSPS) is 11.7. The van der Waals surface area contributed by atoms with Gasteiger partial charge in [0.25, 0.3) is 0 Å². The summed E-state index contributed by atoms with van der Waals surface area (Å²) in [6, 6.07) is 11.0. The molecule has 1 atom stereocenters. The summed E-state index contributed by atoms with van der Waals surface area (Å²) in [7, 11) is 0. The highest BCUT2D eigenvalue weighted by Gasteiger charge is 2.17. The molecule has 0 saturated carbocycles. The molecule has 2 nitrogen and oxygen atoms in total. The van der Waals surface area contributed by atoms with Crippen molar-refractivity contribution in [2.45, 2.75) is 19.8 Å². The first-order valence-electron chi connectivity index (χ1n) is 4.78. The van der Waals surface area contributed by atoms with Crippen LogP contribution in [0.5, 0.6) is 0 Å². The van der Waals surface area contributed by atoms with Gasteiger partial charge in [-0.25, -0.2) is 0 Å². The highest BCUT2D eigenvalue weighted by molar-refractivity contribution is 5.99. The van der Waals surface area contributed by atoms with E-state index in [9.17, 15) is 4.79 Å². The lowest BCUT2D eigenvalue weighted by Gasteiger charge is -2.05. The number of ketones is 1. The molecule has 0 spiro atoms. The molecule has 0 fully saturated rings. The first kappa shape index (κ1) is 10.5. The van der Waals surface area contributed by atoms with Crippen molar-refractivity contribution in [3.63, 3.8) is 0 Å². The number of Topliss-reactive ketones (excluding diaryl/α,β-unsaturated/α-hetero) is 1. The Morgan fingerprint density at radius 2 is 2.07 bits per heavy atom. The van der Waals surface area contributed by atoms with Crippen LogP contribution in [-0.4, -0.2) is 5.78 Å². The predicted molar refractivity (Wildman–Crippen MR) is 54.8 cm³/mol. The molecule has 0 aromatic heterocycles. The predicted octanol–water partition coefficient (Wildman–Crippen LogP) is 2.81. The molecule has 72 valence electrons. The van der Waals surface area contributed by atoms with Gasteiger partial charge in [0.15, 0.2) is 5.78 Å². The van der Waals surface area contributed by atoms with E-state index in [0.717, 1.165) is 6.42 Å². The van der Waals surface area contributed by atoms with Gasteiger partial charge in [0.1, 0.15) is 5.92 Å². The van der Waals surface area contributed by atoms with Crippen molar-refractivity contribution in [2.75, 3.05) is 0 Å². The quantitative estimate of drug-likeness (QED) is 0.680. The molecule has 1 aromatic carbocycles. The lowest BCUT2D eigenvalue weighted by Crippen LogP contribution is -2.12. The smallest absolute Gasteiger partial charge is 0.179 e. The van der Waals surface area contributed by atoms with Crippen LogP contribution in [0.25, 0.3) is 0 Å². The first-order valence-corrected chi connectivity index (χ1v) is 4.78. The van der Waals surface area contributed by atoms with E-state index in [1.807, 2.05) is 25.1 Å². The molecule has 0 heterocycles. The van der Waals surface area contributed by atoms with Gasteiger partial charge in [-0.3, -0.25) is 4.79 Å². The van der Waals surface area contributed by atoms with Crippen LogP contribution >= 0.6 is 0 Å². The van der Waals surface area contributed by atoms with Gasteiger partial charge >= 0.3 is 0 Å². The maximum absolute atomic E-state index is 11.7. The molecule has 2 heteroatoms. The van der Waals surface area contributed by atoms with Crippen molar-refractivity contribution < 1.29 is 4.79 Å². The van der Waals surface area contributed by atoms with Gasteiger partial charge in [0.05, 0.1) is 6.07 Å². The van der Waals surface area contributed by atoms with Gasteiger partial charge in [-0.15, -0.1) is 0 Å². The minimum absolute atomic E-state index is 0.0602. The van der Waals surface area contributed by atoms with Crippen molar-refractivity contribution in [3.05, 3.63) is 35.9 Å². The Bertz CT molecular complexity index is 337. The lowest BCUT2D eigenvalue weighted by atomic mass is 9.95. The van der Waals surface area contributed by atoms with E-state index < -0.39 is 5.92 Å². The molecule has 0 bridgehead atoms. The molecule has 1 aromatic rings. The third-order valence-electron chi connectivity index (χ3n) is 2.11. The summed E-state index contributed by atoms with van der Waals surface area (Å²) < 4.78 is 0. The first-order chi connectivity index (χ1) is 6.79. The molecule has 0 aliphatic rings. The van der Waals surface area contributed by atoms with E-state index in [0.29, 0.717) is 12.0 Å². The number of carbonyl (C=O) groups excluding carboxylic acids is 1. The fraction of sp³-hybridized carbons (Fsp3) is 0.333. The highest BCUT2D eigenvalue weighted by Crippen LogP contribution is 2.13. The fourth-order valence-corrected chi connectivity index (χ4v) is 1.35. The summed E-state index contributed by atoms with van der Waals surface area (Å²) in [5, 5.41) is 8.82. The van der Waals surface area contributed by atoms with Gasteiger partial charge in [-0.05, 0) is 6.42 Å². The van der Waals surface area contributed by atoms with Gasteiger partial charge in [0, 0.05) is 5.56 Å². The van der Waals surface area contributed by atoms with Crippen molar-refractivity contribution in [2.24, 2.45) is 5.92 Å². The second-order valence-electron chi connectivity index (χ2n) is 3.20. The number of nitrogens with zero attached hydrogens (tertiary/aromatic N) is 1. The molecule has 0 unspecified atom stereocenters. The molecule has 0 aliphatic carbocycles. The molecular weight excluding hydrogens is 174 g/mol. The average Bonchev–Trinajstić information content (AvgIpc) is 2.26. The second-order valence-corrected chi connectivity index (χ2v) is 3.20. The van der Waals surface area contributed by atoms with Crippen LogP contribution < -0.4 is 0 Å². The van der Waals surface area contributed by atoms with Gasteiger partial charge in [-0.1, -0.05) is 43.7 Å². The van der Waals surface area contributed by atoms with Crippen LogP contribution in [-0.2, 0) is 0 Å². The SMILES string of the molecule is CCC[C@@H](C#N)C(=O)c1ccccc1. The zero-order valence-electron chi connectivity index (χ0n) is 8.23. The monoisotopic (exact) mass is 187 g/mol. The Morgan fingerprint density at radius 1 is 1.43 bits per heavy atom. The molecule has 1 rings (SSSR count). The Balaban J connectivity index is 2.80. The van der Waals surface area contributed by atoms with Crippen LogP contribution in [0.1, 0.15) is 30.1 Å². The molecule has 0 saturated heterocycles. The minimum Gasteiger partial charge on any atom is -0.293 e. The molecule has 0 amide bonds. The zero-order valence-corrected chi connectivity index (χ0v) is 8.23. The molecule has 0 N–H and O–H groups in total. The van der Waals surface area contributed by atoms with E-state index >= 15 is 0 Å². The number of rotatable bonds is 4. The Hall–Kier alpha value is -1.62. The summed E-state index contributed by atoms with van der Waals surface area (Å²) in [5.41, 5.74) is 0.632. The van der Waals surface area contributed by atoms with E-state index in [1.165, 1.54) is 0 Å². The Labute approximate surface area is 84.2 Å². The molecular formula is C12H13NO. The summed E-state index contributed by atoms with van der Waals surface area (Å²) in [6.07, 6.45) is 1.50. The number of hydrogen-bond acceptors (Lipinski definition) is 2. The Kier molecular flexibility index (Phi) is 3.87. The number of hydrogen-bond donors (Lipinski definition) is 0. The van der Waals surface area contributed by atoms with E-state index in [2.05, 4.69) is 6.07 Å². The van der Waals surface area contributed by atoms with Crippen molar-refractivity contribution in [1.29, 1.82) is 5.26 Å². The van der Waals surface area contributed by atoms with Crippen molar-refractivity contribution in [3.8, 4) is 6.07 Å². The summed E-state index contributed by atoms with van der Waals surface area (Å²) >= 11 is 0. The molecule has 14 heavy (non-hydrogen) atoms. The zero-order chi connectivity index (χ0) is 10.4. The summed E-state index contributed by atoms with van der Waals surface area (Å²) in [6.45, 7) is 1.97. The maximum atomic E-state index is 11.7. The molecule has 0 aliphatic heterocycles. The van der Waals surface area contributed by atoms with Crippen LogP contribution in [0.3, 0.4) is 0 Å². The standard InChI is InChI=1S/C12H13NO/c1-2-6-11(9-13)12(14)10-7-4-3-5-8-10/h3-5,7-8,11H,2,6H2,1H3/t11-/m0/s1.